The van der Waals surface area contributed by atoms with Gasteiger partial charge >= 0.3 is 5.97 Å². The van der Waals surface area contributed by atoms with Crippen LogP contribution in [-0.4, -0.2) is 11.1 Å². The summed E-state index contributed by atoms with van der Waals surface area (Å²) in [5.74, 6) is -1.53. The molecule has 104 valence electrons. The van der Waals surface area contributed by atoms with Crippen LogP contribution in [0.2, 0.25) is 10.0 Å². The Morgan fingerprint density at radius 1 is 1.15 bits per heavy atom. The van der Waals surface area contributed by atoms with Crippen molar-refractivity contribution in [1.29, 1.82) is 0 Å². The first-order valence-electron chi connectivity index (χ1n) is 5.89. The molecule has 0 spiro atoms. The average Bonchev–Trinajstić information content (AvgIpc) is 2.39. The van der Waals surface area contributed by atoms with E-state index >= 15 is 0 Å². The zero-order valence-electron chi connectivity index (χ0n) is 10.3. The molecule has 5 heteroatoms. The number of aliphatic carboxylic acids is 1. The molecule has 0 bridgehead atoms. The van der Waals surface area contributed by atoms with Crippen LogP contribution in [0.5, 0.6) is 0 Å². The van der Waals surface area contributed by atoms with E-state index in [1.807, 2.05) is 12.1 Å². The Labute approximate surface area is 135 Å². The summed E-state index contributed by atoms with van der Waals surface area (Å²) in [7, 11) is 0. The van der Waals surface area contributed by atoms with E-state index in [1.165, 1.54) is 0 Å². The van der Waals surface area contributed by atoms with Gasteiger partial charge in [0.15, 0.2) is 0 Å². The normalized spacial score (nSPS) is 12.2. The zero-order valence-corrected chi connectivity index (χ0v) is 13.4. The van der Waals surface area contributed by atoms with Crippen molar-refractivity contribution >= 4 is 45.1 Å². The van der Waals surface area contributed by atoms with Crippen molar-refractivity contribution in [2.45, 2.75) is 12.3 Å². The highest BCUT2D eigenvalue weighted by molar-refractivity contribution is 9.10. The molecule has 2 aromatic carbocycles. The van der Waals surface area contributed by atoms with Crippen molar-refractivity contribution in [1.82, 2.24) is 0 Å². The van der Waals surface area contributed by atoms with Crippen LogP contribution in [-0.2, 0) is 11.2 Å². The molecule has 0 heterocycles. The van der Waals surface area contributed by atoms with Crippen LogP contribution in [0.15, 0.2) is 46.9 Å². The molecule has 20 heavy (non-hydrogen) atoms. The van der Waals surface area contributed by atoms with Crippen molar-refractivity contribution in [3.63, 3.8) is 0 Å². The van der Waals surface area contributed by atoms with Gasteiger partial charge in [0.1, 0.15) is 0 Å². The Hall–Kier alpha value is -1.03. The number of carbonyl (C=O) groups is 1. The quantitative estimate of drug-likeness (QED) is 0.802. The molecule has 0 saturated heterocycles. The highest BCUT2D eigenvalue weighted by Crippen LogP contribution is 2.28. The van der Waals surface area contributed by atoms with Crippen molar-refractivity contribution in [3.05, 3.63) is 68.1 Å². The summed E-state index contributed by atoms with van der Waals surface area (Å²) in [5.41, 5.74) is 1.51. The topological polar surface area (TPSA) is 37.3 Å². The second kappa shape index (κ2) is 6.61. The molecule has 0 fully saturated rings. The van der Waals surface area contributed by atoms with Crippen LogP contribution < -0.4 is 0 Å². The van der Waals surface area contributed by atoms with E-state index < -0.39 is 11.9 Å². The lowest BCUT2D eigenvalue weighted by Crippen LogP contribution is -2.14. The minimum Gasteiger partial charge on any atom is -0.481 e. The lowest BCUT2D eigenvalue weighted by Gasteiger charge is -2.14. The van der Waals surface area contributed by atoms with Crippen LogP contribution in [0.3, 0.4) is 0 Å². The van der Waals surface area contributed by atoms with Gasteiger partial charge in [0, 0.05) is 14.5 Å². The van der Waals surface area contributed by atoms with Gasteiger partial charge < -0.3 is 5.11 Å². The molecule has 0 aliphatic heterocycles. The van der Waals surface area contributed by atoms with E-state index in [4.69, 9.17) is 23.2 Å². The van der Waals surface area contributed by atoms with Gasteiger partial charge in [-0.05, 0) is 41.8 Å². The monoisotopic (exact) mass is 372 g/mol. The van der Waals surface area contributed by atoms with Gasteiger partial charge in [-0.1, -0.05) is 57.3 Å². The number of hydrogen-bond donors (Lipinski definition) is 1. The van der Waals surface area contributed by atoms with E-state index in [1.54, 1.807) is 30.3 Å². The van der Waals surface area contributed by atoms with E-state index in [0.717, 1.165) is 10.0 Å². The summed E-state index contributed by atoms with van der Waals surface area (Å²) in [6.07, 6.45) is 0.336. The third-order valence-corrected chi connectivity index (χ3v) is 4.11. The lowest BCUT2D eigenvalue weighted by molar-refractivity contribution is -0.138. The molecule has 2 rings (SSSR count). The smallest absolute Gasteiger partial charge is 0.311 e. The molecule has 0 saturated carbocycles. The molecule has 0 aromatic heterocycles. The SMILES string of the molecule is O=C(O)C(Cc1ccc(Br)cc1Cl)c1ccc(Cl)cc1. The maximum absolute atomic E-state index is 11.5. The molecule has 1 atom stereocenters. The highest BCUT2D eigenvalue weighted by Gasteiger charge is 2.21. The van der Waals surface area contributed by atoms with E-state index in [2.05, 4.69) is 15.9 Å². The zero-order chi connectivity index (χ0) is 14.7. The first kappa shape index (κ1) is 15.4. The maximum Gasteiger partial charge on any atom is 0.311 e. The number of rotatable bonds is 4. The molecule has 1 N–H and O–H groups in total. The van der Waals surface area contributed by atoms with Crippen LogP contribution in [0, 0.1) is 0 Å². The number of carboxylic acid groups (broad SMARTS) is 1. The molecule has 0 amide bonds. The second-order valence-electron chi connectivity index (χ2n) is 4.38. The molecule has 0 aliphatic rings. The largest absolute Gasteiger partial charge is 0.481 e. The van der Waals surface area contributed by atoms with Crippen molar-refractivity contribution in [2.24, 2.45) is 0 Å². The first-order chi connectivity index (χ1) is 9.47. The minimum absolute atomic E-state index is 0.336. The third kappa shape index (κ3) is 3.75. The molecule has 0 aliphatic carbocycles. The van der Waals surface area contributed by atoms with Crippen molar-refractivity contribution < 1.29 is 9.90 Å². The summed E-state index contributed by atoms with van der Waals surface area (Å²) < 4.78 is 0.865. The summed E-state index contributed by atoms with van der Waals surface area (Å²) in [6, 6.07) is 12.3. The Balaban J connectivity index is 2.30. The summed E-state index contributed by atoms with van der Waals surface area (Å²) in [5, 5.41) is 10.6. The van der Waals surface area contributed by atoms with Gasteiger partial charge in [0.2, 0.25) is 0 Å². The van der Waals surface area contributed by atoms with Crippen LogP contribution >= 0.6 is 39.1 Å². The Morgan fingerprint density at radius 2 is 1.80 bits per heavy atom. The molecule has 2 nitrogen and oxygen atoms in total. The Kier molecular flexibility index (Phi) is 5.08. The highest BCUT2D eigenvalue weighted by atomic mass is 79.9. The number of carboxylic acids is 1. The fraction of sp³-hybridized carbons (Fsp3) is 0.133. The van der Waals surface area contributed by atoms with Crippen LogP contribution in [0.1, 0.15) is 17.0 Å². The molecule has 2 aromatic rings. The van der Waals surface area contributed by atoms with E-state index in [0.29, 0.717) is 22.0 Å². The second-order valence-corrected chi connectivity index (χ2v) is 6.14. The third-order valence-electron chi connectivity index (χ3n) is 3.01. The van der Waals surface area contributed by atoms with E-state index in [9.17, 15) is 9.90 Å². The van der Waals surface area contributed by atoms with Gasteiger partial charge in [0.05, 0.1) is 5.92 Å². The van der Waals surface area contributed by atoms with Gasteiger partial charge in [-0.25, -0.2) is 0 Å². The van der Waals surface area contributed by atoms with Crippen LogP contribution in [0.25, 0.3) is 0 Å². The van der Waals surface area contributed by atoms with Crippen LogP contribution in [0.4, 0.5) is 0 Å². The van der Waals surface area contributed by atoms with Gasteiger partial charge in [-0.2, -0.15) is 0 Å². The number of hydrogen-bond acceptors (Lipinski definition) is 1. The predicted molar refractivity (Wildman–Crippen MR) is 84.7 cm³/mol. The molecule has 0 radical (unpaired) electrons. The van der Waals surface area contributed by atoms with Gasteiger partial charge in [-0.15, -0.1) is 0 Å². The summed E-state index contributed by atoms with van der Waals surface area (Å²) in [4.78, 5) is 11.5. The molecular weight excluding hydrogens is 363 g/mol. The predicted octanol–water partition coefficient (Wildman–Crippen LogP) is 5.17. The Morgan fingerprint density at radius 3 is 2.35 bits per heavy atom. The van der Waals surface area contributed by atoms with Crippen molar-refractivity contribution in [2.75, 3.05) is 0 Å². The maximum atomic E-state index is 11.5. The lowest BCUT2D eigenvalue weighted by atomic mass is 9.92. The molecule has 1 unspecified atom stereocenters. The standard InChI is InChI=1S/C15H11BrCl2O2/c16-11-4-1-10(14(18)8-11)7-13(15(19)20)9-2-5-12(17)6-3-9/h1-6,8,13H,7H2,(H,19,20). The fourth-order valence-electron chi connectivity index (χ4n) is 1.95. The first-order valence-corrected chi connectivity index (χ1v) is 7.44. The summed E-state index contributed by atoms with van der Waals surface area (Å²) >= 11 is 15.3. The fourth-order valence-corrected chi connectivity index (χ4v) is 2.83. The summed E-state index contributed by atoms with van der Waals surface area (Å²) in [6.45, 7) is 0. The molecular formula is C15H11BrCl2O2. The average molecular weight is 374 g/mol. The number of halogens is 3. The van der Waals surface area contributed by atoms with Gasteiger partial charge in [-0.3, -0.25) is 4.79 Å². The minimum atomic E-state index is -0.883. The number of benzene rings is 2. The van der Waals surface area contributed by atoms with E-state index in [-0.39, 0.29) is 0 Å². The van der Waals surface area contributed by atoms with Crippen molar-refractivity contribution in [3.8, 4) is 0 Å². The Bertz CT molecular complexity index is 626. The van der Waals surface area contributed by atoms with Gasteiger partial charge in [0.25, 0.3) is 0 Å².